The number of rotatable bonds is 5. The van der Waals surface area contributed by atoms with Gasteiger partial charge in [-0.05, 0) is 39.3 Å². The number of carboxylic acid groups (broad SMARTS) is 1. The number of nitrogens with zero attached hydrogens (tertiary/aromatic N) is 1. The lowest BCUT2D eigenvalue weighted by molar-refractivity contribution is -0.139. The van der Waals surface area contributed by atoms with Gasteiger partial charge >= 0.3 is 12.0 Å². The quantitative estimate of drug-likeness (QED) is 0.675. The predicted octanol–water partition coefficient (Wildman–Crippen LogP) is 0.633. The van der Waals surface area contributed by atoms with Crippen molar-refractivity contribution < 1.29 is 14.7 Å². The van der Waals surface area contributed by atoms with E-state index in [-0.39, 0.29) is 12.1 Å². The number of carbonyl (C=O) groups excluding carboxylic acids is 1. The zero-order chi connectivity index (χ0) is 13.5. The largest absolute Gasteiger partial charge is 0.480 e. The minimum Gasteiger partial charge on any atom is -0.480 e. The molecule has 1 rings (SSSR count). The van der Waals surface area contributed by atoms with Crippen molar-refractivity contribution in [2.45, 2.75) is 45.2 Å². The molecule has 0 spiro atoms. The van der Waals surface area contributed by atoms with Crippen LogP contribution in [0.15, 0.2) is 0 Å². The molecule has 1 saturated heterocycles. The highest BCUT2D eigenvalue weighted by Crippen LogP contribution is 2.12. The molecule has 0 radical (unpaired) electrons. The lowest BCUT2D eigenvalue weighted by Crippen LogP contribution is -2.53. The van der Waals surface area contributed by atoms with Crippen LogP contribution in [0, 0.1) is 0 Å². The molecule has 104 valence electrons. The fraction of sp³-hybridized carbons (Fsp3) is 0.833. The summed E-state index contributed by atoms with van der Waals surface area (Å²) < 4.78 is 0. The molecule has 6 heteroatoms. The van der Waals surface area contributed by atoms with Gasteiger partial charge in [0.05, 0.1) is 0 Å². The van der Waals surface area contributed by atoms with Crippen LogP contribution >= 0.6 is 0 Å². The van der Waals surface area contributed by atoms with Gasteiger partial charge in [0, 0.05) is 12.6 Å². The van der Waals surface area contributed by atoms with Crippen LogP contribution in [0.5, 0.6) is 0 Å². The Balaban J connectivity index is 2.57. The van der Waals surface area contributed by atoms with E-state index in [2.05, 4.69) is 10.6 Å². The van der Waals surface area contributed by atoms with Crippen LogP contribution in [0.25, 0.3) is 0 Å². The van der Waals surface area contributed by atoms with Crippen LogP contribution < -0.4 is 10.6 Å². The number of amides is 2. The first-order chi connectivity index (χ1) is 8.60. The van der Waals surface area contributed by atoms with E-state index < -0.39 is 12.0 Å². The smallest absolute Gasteiger partial charge is 0.326 e. The molecule has 0 aromatic carbocycles. The number of carbonyl (C=O) groups is 2. The molecule has 0 aromatic rings. The lowest BCUT2D eigenvalue weighted by Gasteiger charge is -2.34. The van der Waals surface area contributed by atoms with E-state index in [4.69, 9.17) is 5.11 Å². The number of carboxylic acids is 1. The van der Waals surface area contributed by atoms with Crippen molar-refractivity contribution in [2.75, 3.05) is 19.6 Å². The van der Waals surface area contributed by atoms with Crippen LogP contribution in [-0.4, -0.2) is 53.7 Å². The molecule has 1 aliphatic rings. The highest BCUT2D eigenvalue weighted by atomic mass is 16.4. The van der Waals surface area contributed by atoms with Crippen molar-refractivity contribution in [2.24, 2.45) is 0 Å². The van der Waals surface area contributed by atoms with Crippen LogP contribution in [0.2, 0.25) is 0 Å². The maximum absolute atomic E-state index is 12.1. The first-order valence-corrected chi connectivity index (χ1v) is 6.60. The Morgan fingerprint density at radius 2 is 2.00 bits per heavy atom. The van der Waals surface area contributed by atoms with Crippen LogP contribution in [0.1, 0.15) is 33.1 Å². The van der Waals surface area contributed by atoms with Crippen molar-refractivity contribution in [1.82, 2.24) is 15.5 Å². The third kappa shape index (κ3) is 3.87. The molecule has 18 heavy (non-hydrogen) atoms. The second kappa shape index (κ2) is 7.20. The summed E-state index contributed by atoms with van der Waals surface area (Å²) in [4.78, 5) is 24.7. The summed E-state index contributed by atoms with van der Waals surface area (Å²) in [6.07, 6.45) is 2.24. The van der Waals surface area contributed by atoms with E-state index in [1.54, 1.807) is 11.8 Å². The van der Waals surface area contributed by atoms with Gasteiger partial charge in [-0.1, -0.05) is 6.92 Å². The molecule has 2 amide bonds. The third-order valence-corrected chi connectivity index (χ3v) is 3.36. The molecule has 0 saturated carbocycles. The number of nitrogens with one attached hydrogen (secondary N) is 2. The Kier molecular flexibility index (Phi) is 5.91. The number of piperidine rings is 1. The summed E-state index contributed by atoms with van der Waals surface area (Å²) in [7, 11) is 0. The van der Waals surface area contributed by atoms with Gasteiger partial charge in [-0.25, -0.2) is 9.59 Å². The molecule has 0 aliphatic carbocycles. The van der Waals surface area contributed by atoms with Gasteiger partial charge in [0.2, 0.25) is 0 Å². The van der Waals surface area contributed by atoms with Gasteiger partial charge in [0.25, 0.3) is 0 Å². The zero-order valence-electron chi connectivity index (χ0n) is 11.1. The number of hydrogen-bond donors (Lipinski definition) is 3. The molecule has 0 aromatic heterocycles. The van der Waals surface area contributed by atoms with Crippen molar-refractivity contribution in [1.29, 1.82) is 0 Å². The minimum atomic E-state index is -0.979. The summed E-state index contributed by atoms with van der Waals surface area (Å²) >= 11 is 0. The zero-order valence-corrected chi connectivity index (χ0v) is 11.1. The lowest BCUT2D eigenvalue weighted by atomic mass is 10.1. The second-order valence-corrected chi connectivity index (χ2v) is 4.52. The SMILES string of the molecule is CCC(NC(=O)N(CC)C1CCNCC1)C(=O)O. The van der Waals surface area contributed by atoms with Crippen molar-refractivity contribution in [3.05, 3.63) is 0 Å². The summed E-state index contributed by atoms with van der Waals surface area (Å²) in [5, 5.41) is 14.8. The van der Waals surface area contributed by atoms with Gasteiger partial charge in [0.15, 0.2) is 0 Å². The third-order valence-electron chi connectivity index (χ3n) is 3.36. The topological polar surface area (TPSA) is 81.7 Å². The van der Waals surface area contributed by atoms with Crippen molar-refractivity contribution >= 4 is 12.0 Å². The van der Waals surface area contributed by atoms with Gasteiger partial charge in [0.1, 0.15) is 6.04 Å². The average Bonchev–Trinajstić information content (AvgIpc) is 2.37. The maximum Gasteiger partial charge on any atom is 0.326 e. The number of urea groups is 1. The van der Waals surface area contributed by atoms with Gasteiger partial charge < -0.3 is 20.6 Å². The average molecular weight is 257 g/mol. The molecule has 1 heterocycles. The van der Waals surface area contributed by atoms with Gasteiger partial charge in [-0.2, -0.15) is 0 Å². The highest BCUT2D eigenvalue weighted by Gasteiger charge is 2.26. The number of aliphatic carboxylic acids is 1. The number of hydrogen-bond acceptors (Lipinski definition) is 3. The van der Waals surface area contributed by atoms with Crippen LogP contribution in [0.4, 0.5) is 4.79 Å². The van der Waals surface area contributed by atoms with Gasteiger partial charge in [-0.3, -0.25) is 0 Å². The molecular weight excluding hydrogens is 234 g/mol. The molecule has 1 aliphatic heterocycles. The monoisotopic (exact) mass is 257 g/mol. The molecule has 1 atom stereocenters. The summed E-state index contributed by atoms with van der Waals surface area (Å²) in [5.41, 5.74) is 0. The summed E-state index contributed by atoms with van der Waals surface area (Å²) in [6.45, 7) is 6.09. The second-order valence-electron chi connectivity index (χ2n) is 4.52. The summed E-state index contributed by atoms with van der Waals surface area (Å²) in [6, 6.07) is -0.852. The van der Waals surface area contributed by atoms with Gasteiger partial charge in [-0.15, -0.1) is 0 Å². The Bertz CT molecular complexity index is 290. The molecular formula is C12H23N3O3. The Morgan fingerprint density at radius 3 is 2.44 bits per heavy atom. The first kappa shape index (κ1) is 14.8. The minimum absolute atomic E-state index is 0.211. The maximum atomic E-state index is 12.1. The molecule has 0 bridgehead atoms. The first-order valence-electron chi connectivity index (χ1n) is 6.60. The molecule has 6 nitrogen and oxygen atoms in total. The van der Waals surface area contributed by atoms with Crippen molar-refractivity contribution in [3.63, 3.8) is 0 Å². The van der Waals surface area contributed by atoms with E-state index in [9.17, 15) is 9.59 Å². The van der Waals surface area contributed by atoms with E-state index in [1.165, 1.54) is 0 Å². The molecule has 1 fully saturated rings. The Hall–Kier alpha value is -1.30. The van der Waals surface area contributed by atoms with E-state index in [0.29, 0.717) is 13.0 Å². The van der Waals surface area contributed by atoms with E-state index in [0.717, 1.165) is 25.9 Å². The van der Waals surface area contributed by atoms with Crippen LogP contribution in [-0.2, 0) is 4.79 Å². The van der Waals surface area contributed by atoms with E-state index >= 15 is 0 Å². The fourth-order valence-electron chi connectivity index (χ4n) is 2.26. The van der Waals surface area contributed by atoms with Crippen LogP contribution in [0.3, 0.4) is 0 Å². The Labute approximate surface area is 108 Å². The fourth-order valence-corrected chi connectivity index (χ4v) is 2.26. The highest BCUT2D eigenvalue weighted by molar-refractivity contribution is 5.82. The Morgan fingerprint density at radius 1 is 1.39 bits per heavy atom. The molecule has 3 N–H and O–H groups in total. The predicted molar refractivity (Wildman–Crippen MR) is 68.5 cm³/mol. The standard InChI is InChI=1S/C12H23N3O3/c1-3-10(11(16)17)14-12(18)15(4-2)9-5-7-13-8-6-9/h9-10,13H,3-8H2,1-2H3,(H,14,18)(H,16,17). The summed E-state index contributed by atoms with van der Waals surface area (Å²) in [5.74, 6) is -0.979. The normalized spacial score (nSPS) is 18.1. The van der Waals surface area contributed by atoms with Crippen molar-refractivity contribution in [3.8, 4) is 0 Å². The molecule has 1 unspecified atom stereocenters. The van der Waals surface area contributed by atoms with E-state index in [1.807, 2.05) is 6.92 Å².